The van der Waals surface area contributed by atoms with Crippen LogP contribution in [0.15, 0.2) is 6.07 Å². The number of anilines is 1. The van der Waals surface area contributed by atoms with Crippen LogP contribution in [0.4, 0.5) is 5.82 Å². The number of H-pyrrole nitrogens is 1. The van der Waals surface area contributed by atoms with Gasteiger partial charge in [-0.1, -0.05) is 19.3 Å². The van der Waals surface area contributed by atoms with E-state index in [9.17, 15) is 4.79 Å². The second-order valence-corrected chi connectivity index (χ2v) is 6.04. The fourth-order valence-corrected chi connectivity index (χ4v) is 3.25. The molecule has 0 bridgehead atoms. The number of halogens is 1. The first-order valence-electron chi connectivity index (χ1n) is 7.95. The van der Waals surface area contributed by atoms with E-state index < -0.39 is 0 Å². The van der Waals surface area contributed by atoms with E-state index in [1.165, 1.54) is 32.1 Å². The van der Waals surface area contributed by atoms with Gasteiger partial charge >= 0.3 is 0 Å². The fraction of sp³-hybridized carbons (Fsp3) is 0.733. The van der Waals surface area contributed by atoms with Crippen LogP contribution in [0, 0.1) is 0 Å². The molecule has 0 radical (unpaired) electrons. The Morgan fingerprint density at radius 1 is 1.36 bits per heavy atom. The lowest BCUT2D eigenvalue weighted by Gasteiger charge is -2.28. The van der Waals surface area contributed by atoms with E-state index in [2.05, 4.69) is 20.8 Å². The van der Waals surface area contributed by atoms with Gasteiger partial charge in [-0.3, -0.25) is 9.89 Å². The Balaban J connectivity index is 0.00000176. The minimum atomic E-state index is -0.311. The van der Waals surface area contributed by atoms with E-state index in [1.807, 2.05) is 13.0 Å². The summed E-state index contributed by atoms with van der Waals surface area (Å²) in [6, 6.07) is 1.66. The number of nitrogens with zero attached hydrogens (tertiary/aromatic N) is 1. The lowest BCUT2D eigenvalue weighted by Crippen LogP contribution is -2.53. The van der Waals surface area contributed by atoms with Crippen molar-refractivity contribution in [1.29, 1.82) is 0 Å². The summed E-state index contributed by atoms with van der Waals surface area (Å²) in [5, 5.41) is 13.4. The Morgan fingerprint density at radius 2 is 2.14 bits per heavy atom. The summed E-state index contributed by atoms with van der Waals surface area (Å²) >= 11 is 0. The average molecular weight is 329 g/mol. The number of nitrogens with one attached hydrogen (secondary N) is 3. The molecule has 1 saturated heterocycles. The van der Waals surface area contributed by atoms with Crippen LogP contribution < -0.4 is 10.6 Å². The zero-order chi connectivity index (χ0) is 14.7. The largest absolute Gasteiger partial charge is 0.375 e. The number of ether oxygens (including phenoxy) is 1. The maximum Gasteiger partial charge on any atom is 0.245 e. The predicted molar refractivity (Wildman–Crippen MR) is 87.5 cm³/mol. The molecule has 7 heteroatoms. The molecule has 1 aliphatic heterocycles. The van der Waals surface area contributed by atoms with Crippen molar-refractivity contribution in [2.24, 2.45) is 0 Å². The molecule has 1 saturated carbocycles. The van der Waals surface area contributed by atoms with Gasteiger partial charge in [-0.15, -0.1) is 12.4 Å². The van der Waals surface area contributed by atoms with Crippen molar-refractivity contribution in [3.63, 3.8) is 0 Å². The molecule has 1 aromatic rings. The molecule has 2 atom stereocenters. The third-order valence-corrected chi connectivity index (χ3v) is 4.49. The molecule has 3 rings (SSSR count). The van der Waals surface area contributed by atoms with E-state index in [0.29, 0.717) is 24.9 Å². The molecule has 1 aromatic heterocycles. The summed E-state index contributed by atoms with van der Waals surface area (Å²) in [5.41, 5.74) is 1.14. The molecular formula is C15H25ClN4O2. The third-order valence-electron chi connectivity index (χ3n) is 4.49. The summed E-state index contributed by atoms with van der Waals surface area (Å²) < 4.78 is 5.50. The number of carbonyl (C=O) groups excluding carboxylic acids is 1. The van der Waals surface area contributed by atoms with Crippen molar-refractivity contribution in [2.75, 3.05) is 18.5 Å². The molecule has 3 N–H and O–H groups in total. The second kappa shape index (κ2) is 7.94. The van der Waals surface area contributed by atoms with Gasteiger partial charge in [0.25, 0.3) is 0 Å². The van der Waals surface area contributed by atoms with Crippen LogP contribution in [-0.4, -0.2) is 41.4 Å². The minimum Gasteiger partial charge on any atom is -0.375 e. The first kappa shape index (κ1) is 17.2. The molecule has 0 unspecified atom stereocenters. The van der Waals surface area contributed by atoms with Crippen LogP contribution in [0.5, 0.6) is 0 Å². The Morgan fingerprint density at radius 3 is 2.86 bits per heavy atom. The number of hydrogen-bond acceptors (Lipinski definition) is 4. The van der Waals surface area contributed by atoms with Gasteiger partial charge in [0.05, 0.1) is 12.7 Å². The summed E-state index contributed by atoms with van der Waals surface area (Å²) in [4.78, 5) is 12.3. The van der Waals surface area contributed by atoms with Crippen LogP contribution >= 0.6 is 12.4 Å². The number of morpholine rings is 1. The first-order chi connectivity index (χ1) is 10.2. The highest BCUT2D eigenvalue weighted by atomic mass is 35.5. The maximum absolute atomic E-state index is 12.3. The molecule has 2 heterocycles. The highest BCUT2D eigenvalue weighted by molar-refractivity contribution is 5.94. The fourth-order valence-electron chi connectivity index (χ4n) is 3.25. The minimum absolute atomic E-state index is 0. The third kappa shape index (κ3) is 4.00. The number of hydrogen-bond donors (Lipinski definition) is 3. The van der Waals surface area contributed by atoms with Crippen molar-refractivity contribution >= 4 is 24.1 Å². The van der Waals surface area contributed by atoms with Crippen LogP contribution in [0.25, 0.3) is 0 Å². The lowest BCUT2D eigenvalue weighted by atomic mass is 9.87. The summed E-state index contributed by atoms with van der Waals surface area (Å²) in [7, 11) is 0. The number of aromatic nitrogens is 2. The molecule has 1 amide bonds. The van der Waals surface area contributed by atoms with Gasteiger partial charge in [0, 0.05) is 24.2 Å². The number of carbonyl (C=O) groups is 1. The highest BCUT2D eigenvalue weighted by Crippen LogP contribution is 2.32. The average Bonchev–Trinajstić information content (AvgIpc) is 2.97. The topological polar surface area (TPSA) is 79.0 Å². The van der Waals surface area contributed by atoms with Crippen LogP contribution in [0.3, 0.4) is 0 Å². The van der Waals surface area contributed by atoms with Gasteiger partial charge in [0.2, 0.25) is 5.91 Å². The summed E-state index contributed by atoms with van der Waals surface area (Å²) in [6.45, 7) is 3.27. The molecule has 0 aromatic carbocycles. The van der Waals surface area contributed by atoms with Gasteiger partial charge in [-0.05, 0) is 19.8 Å². The van der Waals surface area contributed by atoms with Crippen LogP contribution in [-0.2, 0) is 9.53 Å². The molecule has 0 spiro atoms. The van der Waals surface area contributed by atoms with Crippen molar-refractivity contribution < 1.29 is 9.53 Å². The Kier molecular flexibility index (Phi) is 6.23. The van der Waals surface area contributed by atoms with E-state index in [1.54, 1.807) is 0 Å². The Bertz CT molecular complexity index is 488. The Hall–Kier alpha value is -1.11. The van der Waals surface area contributed by atoms with Gasteiger partial charge in [0.1, 0.15) is 6.04 Å². The van der Waals surface area contributed by atoms with Crippen molar-refractivity contribution in [3.05, 3.63) is 11.8 Å². The zero-order valence-corrected chi connectivity index (χ0v) is 13.7. The van der Waals surface area contributed by atoms with Crippen molar-refractivity contribution in [1.82, 2.24) is 15.5 Å². The normalized spacial score (nSPS) is 26.2. The molecule has 22 heavy (non-hydrogen) atoms. The SMILES string of the molecule is C[C@H]1OCCN[C@@H]1C(=O)Nc1cc(C2CCCCC2)[nH]n1.Cl. The smallest absolute Gasteiger partial charge is 0.245 e. The van der Waals surface area contributed by atoms with Gasteiger partial charge in [-0.2, -0.15) is 5.10 Å². The van der Waals surface area contributed by atoms with Gasteiger partial charge in [0.15, 0.2) is 5.82 Å². The number of rotatable bonds is 3. The molecule has 124 valence electrons. The summed E-state index contributed by atoms with van der Waals surface area (Å²) in [6.07, 6.45) is 6.21. The Labute approximate surface area is 137 Å². The van der Waals surface area contributed by atoms with Crippen molar-refractivity contribution in [3.8, 4) is 0 Å². The van der Waals surface area contributed by atoms with Gasteiger partial charge < -0.3 is 15.4 Å². The zero-order valence-electron chi connectivity index (χ0n) is 12.9. The van der Waals surface area contributed by atoms with E-state index >= 15 is 0 Å². The highest BCUT2D eigenvalue weighted by Gasteiger charge is 2.29. The predicted octanol–water partition coefficient (Wildman–Crippen LogP) is 2.19. The van der Waals surface area contributed by atoms with Crippen LogP contribution in [0.1, 0.15) is 50.6 Å². The van der Waals surface area contributed by atoms with Crippen LogP contribution in [0.2, 0.25) is 0 Å². The second-order valence-electron chi connectivity index (χ2n) is 6.04. The molecular weight excluding hydrogens is 304 g/mol. The lowest BCUT2D eigenvalue weighted by molar-refractivity contribution is -0.123. The molecule has 6 nitrogen and oxygen atoms in total. The van der Waals surface area contributed by atoms with Gasteiger partial charge in [-0.25, -0.2) is 0 Å². The standard InChI is InChI=1S/C15H24N4O2.ClH/c1-10-14(16-7-8-21-10)15(20)17-13-9-12(18-19-13)11-5-3-2-4-6-11;/h9-11,14,16H,2-8H2,1H3,(H2,17,18,19,20);1H/t10-,14+;/m1./s1. The summed E-state index contributed by atoms with van der Waals surface area (Å²) in [5.74, 6) is 1.09. The van der Waals surface area contributed by atoms with Crippen molar-refractivity contribution in [2.45, 2.75) is 57.1 Å². The number of amides is 1. The maximum atomic E-state index is 12.3. The quantitative estimate of drug-likeness (QED) is 0.794. The number of aromatic amines is 1. The molecule has 2 fully saturated rings. The first-order valence-corrected chi connectivity index (χ1v) is 7.95. The molecule has 1 aliphatic carbocycles. The van der Waals surface area contributed by atoms with E-state index in [0.717, 1.165) is 5.69 Å². The monoisotopic (exact) mass is 328 g/mol. The van der Waals surface area contributed by atoms with E-state index in [4.69, 9.17) is 4.74 Å². The van der Waals surface area contributed by atoms with E-state index in [-0.39, 0.29) is 30.5 Å². The molecule has 2 aliphatic rings.